The van der Waals surface area contributed by atoms with Gasteiger partial charge in [-0.2, -0.15) is 5.10 Å². The van der Waals surface area contributed by atoms with Gasteiger partial charge in [0.2, 0.25) is 0 Å². The van der Waals surface area contributed by atoms with Crippen LogP contribution < -0.4 is 11.3 Å². The van der Waals surface area contributed by atoms with Gasteiger partial charge in [-0.05, 0) is 25.5 Å². The van der Waals surface area contributed by atoms with Crippen molar-refractivity contribution in [3.63, 3.8) is 0 Å². The molecule has 0 radical (unpaired) electrons. The predicted molar refractivity (Wildman–Crippen MR) is 76.9 cm³/mol. The Balaban J connectivity index is 2.28. The zero-order chi connectivity index (χ0) is 13.6. The first kappa shape index (κ1) is 12.1. The maximum atomic E-state index is 5.58. The number of nitrogens with two attached hydrogens (primary N) is 1. The third-order valence-corrected chi connectivity index (χ3v) is 4.21. The number of nitrogens with zero attached hydrogens (tertiary/aromatic N) is 4. The smallest absolute Gasteiger partial charge is 0.183 e. The molecule has 3 N–H and O–H groups in total. The first-order valence-corrected chi connectivity index (χ1v) is 6.66. The number of nitrogen functional groups attached to an aromatic ring is 1. The minimum absolute atomic E-state index is 0.585. The molecule has 98 valence electrons. The minimum Gasteiger partial charge on any atom is -0.308 e. The average molecular weight is 274 g/mol. The van der Waals surface area contributed by atoms with E-state index >= 15 is 0 Å². The third kappa shape index (κ3) is 1.87. The molecular weight excluding hydrogens is 260 g/mol. The second kappa shape index (κ2) is 4.29. The molecule has 3 rings (SSSR count). The highest BCUT2D eigenvalue weighted by atomic mass is 32.1. The first-order valence-electron chi connectivity index (χ1n) is 5.84. The lowest BCUT2D eigenvalue weighted by atomic mass is 10.2. The van der Waals surface area contributed by atoms with Crippen LogP contribution in [0.15, 0.2) is 12.3 Å². The molecule has 0 aliphatic rings. The molecule has 19 heavy (non-hydrogen) atoms. The van der Waals surface area contributed by atoms with E-state index in [9.17, 15) is 0 Å². The molecule has 0 spiro atoms. The van der Waals surface area contributed by atoms with Crippen molar-refractivity contribution in [2.24, 2.45) is 12.9 Å². The van der Waals surface area contributed by atoms with Crippen molar-refractivity contribution >= 4 is 27.4 Å². The summed E-state index contributed by atoms with van der Waals surface area (Å²) in [6.07, 6.45) is 1.86. The number of thiophene rings is 1. The van der Waals surface area contributed by atoms with Crippen molar-refractivity contribution in [1.82, 2.24) is 19.7 Å². The van der Waals surface area contributed by atoms with Gasteiger partial charge in [-0.25, -0.2) is 15.8 Å². The molecule has 3 heterocycles. The lowest BCUT2D eigenvalue weighted by Crippen LogP contribution is -2.10. The van der Waals surface area contributed by atoms with Gasteiger partial charge >= 0.3 is 0 Å². The molecule has 0 unspecified atom stereocenters. The van der Waals surface area contributed by atoms with Gasteiger partial charge in [0.05, 0.1) is 5.39 Å². The van der Waals surface area contributed by atoms with E-state index in [4.69, 9.17) is 5.84 Å². The summed E-state index contributed by atoms with van der Waals surface area (Å²) in [5, 5.41) is 5.31. The number of nitrogens with one attached hydrogen (secondary N) is 1. The number of aromatic nitrogens is 4. The Labute approximate surface area is 114 Å². The Morgan fingerprint density at radius 3 is 2.74 bits per heavy atom. The van der Waals surface area contributed by atoms with E-state index in [-0.39, 0.29) is 0 Å². The number of hydrogen-bond donors (Lipinski definition) is 2. The van der Waals surface area contributed by atoms with Crippen LogP contribution in [0.25, 0.3) is 21.7 Å². The zero-order valence-corrected chi connectivity index (χ0v) is 11.7. The quantitative estimate of drug-likeness (QED) is 0.551. The summed E-state index contributed by atoms with van der Waals surface area (Å²) in [5.74, 6) is 6.82. The van der Waals surface area contributed by atoms with Crippen molar-refractivity contribution in [3.05, 3.63) is 22.7 Å². The van der Waals surface area contributed by atoms with Crippen LogP contribution in [0.3, 0.4) is 0 Å². The second-order valence-electron chi connectivity index (χ2n) is 4.38. The number of fused-ring (bicyclic) bond motifs is 1. The van der Waals surface area contributed by atoms with Crippen LogP contribution >= 0.6 is 11.3 Å². The maximum Gasteiger partial charge on any atom is 0.183 e. The average Bonchev–Trinajstić information content (AvgIpc) is 2.94. The van der Waals surface area contributed by atoms with E-state index in [0.29, 0.717) is 11.6 Å². The van der Waals surface area contributed by atoms with E-state index in [1.807, 2.05) is 19.3 Å². The third-order valence-electron chi connectivity index (χ3n) is 3.11. The van der Waals surface area contributed by atoms with Crippen LogP contribution in [0.4, 0.5) is 5.82 Å². The zero-order valence-electron chi connectivity index (χ0n) is 10.9. The van der Waals surface area contributed by atoms with Gasteiger partial charge in [0.1, 0.15) is 10.5 Å². The minimum atomic E-state index is 0.585. The van der Waals surface area contributed by atoms with Crippen LogP contribution in [0.5, 0.6) is 0 Å². The van der Waals surface area contributed by atoms with Gasteiger partial charge in [0.15, 0.2) is 11.6 Å². The lowest BCUT2D eigenvalue weighted by molar-refractivity contribution is 0.769. The number of aryl methyl sites for hydroxylation is 3. The number of rotatable bonds is 2. The molecule has 0 fully saturated rings. The molecular formula is C12H14N6S. The van der Waals surface area contributed by atoms with Crippen molar-refractivity contribution in [1.29, 1.82) is 0 Å². The van der Waals surface area contributed by atoms with Gasteiger partial charge < -0.3 is 5.43 Å². The Morgan fingerprint density at radius 1 is 1.32 bits per heavy atom. The molecule has 0 aromatic carbocycles. The highest BCUT2D eigenvalue weighted by Crippen LogP contribution is 2.34. The summed E-state index contributed by atoms with van der Waals surface area (Å²) in [7, 11) is 1.86. The van der Waals surface area contributed by atoms with Gasteiger partial charge in [0.25, 0.3) is 0 Å². The molecule has 0 saturated heterocycles. The summed E-state index contributed by atoms with van der Waals surface area (Å²) in [5.41, 5.74) is 4.57. The number of hydrazine groups is 1. The van der Waals surface area contributed by atoms with Crippen molar-refractivity contribution in [2.75, 3.05) is 5.43 Å². The SMILES string of the molecule is Cc1sc2nc(-c3ccn(C)n3)nc(NN)c2c1C. The summed E-state index contributed by atoms with van der Waals surface area (Å²) < 4.78 is 1.73. The molecule has 0 bridgehead atoms. The molecule has 7 heteroatoms. The molecule has 3 aromatic rings. The van der Waals surface area contributed by atoms with E-state index < -0.39 is 0 Å². The number of hydrogen-bond acceptors (Lipinski definition) is 6. The molecule has 0 saturated carbocycles. The van der Waals surface area contributed by atoms with Gasteiger partial charge in [-0.15, -0.1) is 11.3 Å². The summed E-state index contributed by atoms with van der Waals surface area (Å²) in [6.45, 7) is 4.13. The number of anilines is 1. The lowest BCUT2D eigenvalue weighted by Gasteiger charge is -2.04. The summed E-state index contributed by atoms with van der Waals surface area (Å²) in [6, 6.07) is 1.88. The standard InChI is InChI=1S/C12H14N6S/c1-6-7(2)19-12-9(6)11(16-13)14-10(15-12)8-4-5-18(3)17-8/h4-5H,13H2,1-3H3,(H,14,15,16). The van der Waals surface area contributed by atoms with Crippen molar-refractivity contribution < 1.29 is 0 Å². The highest BCUT2D eigenvalue weighted by molar-refractivity contribution is 7.18. The van der Waals surface area contributed by atoms with Crippen LogP contribution in [-0.2, 0) is 7.05 Å². The fourth-order valence-electron chi connectivity index (χ4n) is 2.00. The normalized spacial score (nSPS) is 11.2. The fourth-order valence-corrected chi connectivity index (χ4v) is 3.03. The largest absolute Gasteiger partial charge is 0.308 e. The van der Waals surface area contributed by atoms with Crippen molar-refractivity contribution in [3.8, 4) is 11.5 Å². The Bertz CT molecular complexity index is 757. The first-order chi connectivity index (χ1) is 9.10. The van der Waals surface area contributed by atoms with Crippen LogP contribution in [0.2, 0.25) is 0 Å². The fraction of sp³-hybridized carbons (Fsp3) is 0.250. The topological polar surface area (TPSA) is 81.7 Å². The molecule has 0 aliphatic heterocycles. The van der Waals surface area contributed by atoms with Gasteiger partial charge in [0, 0.05) is 18.1 Å². The predicted octanol–water partition coefficient (Wildman–Crippen LogP) is 1.99. The Morgan fingerprint density at radius 2 is 2.11 bits per heavy atom. The van der Waals surface area contributed by atoms with E-state index in [1.54, 1.807) is 16.0 Å². The molecule has 0 amide bonds. The highest BCUT2D eigenvalue weighted by Gasteiger charge is 2.15. The van der Waals surface area contributed by atoms with Gasteiger partial charge in [-0.3, -0.25) is 4.68 Å². The van der Waals surface area contributed by atoms with Crippen LogP contribution in [0, 0.1) is 13.8 Å². The maximum absolute atomic E-state index is 5.58. The Kier molecular flexibility index (Phi) is 2.72. The Hall–Kier alpha value is -1.99. The molecule has 3 aromatic heterocycles. The van der Waals surface area contributed by atoms with E-state index in [2.05, 4.69) is 34.3 Å². The van der Waals surface area contributed by atoms with Crippen LogP contribution in [0.1, 0.15) is 10.4 Å². The summed E-state index contributed by atoms with van der Waals surface area (Å²) in [4.78, 5) is 11.2. The summed E-state index contributed by atoms with van der Waals surface area (Å²) >= 11 is 1.64. The van der Waals surface area contributed by atoms with E-state index in [0.717, 1.165) is 15.9 Å². The molecule has 6 nitrogen and oxygen atoms in total. The molecule has 0 aliphatic carbocycles. The van der Waals surface area contributed by atoms with E-state index in [1.165, 1.54) is 10.4 Å². The van der Waals surface area contributed by atoms with Crippen molar-refractivity contribution in [2.45, 2.75) is 13.8 Å². The second-order valence-corrected chi connectivity index (χ2v) is 5.58. The molecule has 0 atom stereocenters. The van der Waals surface area contributed by atoms with Crippen LogP contribution in [-0.4, -0.2) is 19.7 Å². The van der Waals surface area contributed by atoms with Gasteiger partial charge in [-0.1, -0.05) is 0 Å². The monoisotopic (exact) mass is 274 g/mol.